The molecule has 0 aromatic carbocycles. The van der Waals surface area contributed by atoms with E-state index in [-0.39, 0.29) is 5.82 Å². The number of hydrogen-bond donors (Lipinski definition) is 1. The Morgan fingerprint density at radius 2 is 2.12 bits per heavy atom. The van der Waals surface area contributed by atoms with Gasteiger partial charge in [0.25, 0.3) is 0 Å². The Labute approximate surface area is 103 Å². The molecule has 0 radical (unpaired) electrons. The smallest absolute Gasteiger partial charge is 0.370 e. The molecule has 0 aliphatic heterocycles. The van der Waals surface area contributed by atoms with Crippen LogP contribution in [0.25, 0.3) is 0 Å². The molecule has 1 N–H and O–H groups in total. The summed E-state index contributed by atoms with van der Waals surface area (Å²) in [5, 5.41) is 2.87. The zero-order valence-electron chi connectivity index (χ0n) is 9.39. The summed E-state index contributed by atoms with van der Waals surface area (Å²) in [6.45, 7) is 2.53. The van der Waals surface area contributed by atoms with Gasteiger partial charge in [0.1, 0.15) is 11.5 Å². The maximum Gasteiger partial charge on any atom is 0.433 e. The van der Waals surface area contributed by atoms with Crippen LogP contribution in [0.2, 0.25) is 0 Å². The number of nitrogens with zero attached hydrogens (tertiary/aromatic N) is 1. The van der Waals surface area contributed by atoms with E-state index in [0.29, 0.717) is 18.3 Å². The number of nitrogens with one attached hydrogen (secondary N) is 1. The predicted molar refractivity (Wildman–Crippen MR) is 62.2 cm³/mol. The van der Waals surface area contributed by atoms with Gasteiger partial charge in [-0.2, -0.15) is 13.2 Å². The monoisotopic (exact) mass is 266 g/mol. The highest BCUT2D eigenvalue weighted by Crippen LogP contribution is 2.28. The molecule has 1 rings (SSSR count). The van der Waals surface area contributed by atoms with Crippen molar-refractivity contribution in [1.82, 2.24) is 4.98 Å². The van der Waals surface area contributed by atoms with E-state index < -0.39 is 11.9 Å². The Hall–Kier alpha value is -0.970. The van der Waals surface area contributed by atoms with Crippen molar-refractivity contribution in [2.45, 2.75) is 19.5 Å². The lowest BCUT2D eigenvalue weighted by atomic mass is 10.1. The second kappa shape index (κ2) is 6.10. The highest BCUT2D eigenvalue weighted by molar-refractivity contribution is 6.17. The molecular weight excluding hydrogens is 253 g/mol. The van der Waals surface area contributed by atoms with Crippen molar-refractivity contribution in [3.05, 3.63) is 23.9 Å². The molecule has 17 heavy (non-hydrogen) atoms. The first kappa shape index (κ1) is 14.1. The van der Waals surface area contributed by atoms with Crippen molar-refractivity contribution >= 4 is 17.4 Å². The maximum absolute atomic E-state index is 12.4. The number of anilines is 1. The summed E-state index contributed by atoms with van der Waals surface area (Å²) in [5.74, 6) is 1.07. The van der Waals surface area contributed by atoms with Gasteiger partial charge in [0.15, 0.2) is 0 Å². The first-order valence-corrected chi connectivity index (χ1v) is 5.81. The lowest BCUT2D eigenvalue weighted by Gasteiger charge is -2.12. The molecule has 0 saturated heterocycles. The second-order valence-corrected chi connectivity index (χ2v) is 4.25. The molecular formula is C11H14ClF3N2. The van der Waals surface area contributed by atoms with Crippen LogP contribution in [0.5, 0.6) is 0 Å². The highest BCUT2D eigenvalue weighted by Gasteiger charge is 2.32. The van der Waals surface area contributed by atoms with Gasteiger partial charge in [0.2, 0.25) is 0 Å². The van der Waals surface area contributed by atoms with E-state index in [2.05, 4.69) is 10.3 Å². The Morgan fingerprint density at radius 3 is 2.71 bits per heavy atom. The fourth-order valence-electron chi connectivity index (χ4n) is 1.26. The Kier molecular flexibility index (Phi) is 5.05. The van der Waals surface area contributed by atoms with Gasteiger partial charge in [-0.3, -0.25) is 0 Å². The van der Waals surface area contributed by atoms with Gasteiger partial charge >= 0.3 is 6.18 Å². The Balaban J connectivity index is 2.60. The van der Waals surface area contributed by atoms with Gasteiger partial charge in [0, 0.05) is 12.4 Å². The molecule has 2 nitrogen and oxygen atoms in total. The fourth-order valence-corrected chi connectivity index (χ4v) is 1.63. The molecule has 0 fully saturated rings. The van der Waals surface area contributed by atoms with Gasteiger partial charge in [-0.25, -0.2) is 4.98 Å². The zero-order chi connectivity index (χ0) is 12.9. The fraction of sp³-hybridized carbons (Fsp3) is 0.545. The third-order valence-corrected chi connectivity index (χ3v) is 2.49. The van der Waals surface area contributed by atoms with Crippen LogP contribution in [-0.4, -0.2) is 17.4 Å². The Morgan fingerprint density at radius 1 is 1.41 bits per heavy atom. The van der Waals surface area contributed by atoms with E-state index in [0.717, 1.165) is 12.5 Å². The summed E-state index contributed by atoms with van der Waals surface area (Å²) in [4.78, 5) is 3.51. The van der Waals surface area contributed by atoms with Crippen molar-refractivity contribution in [2.75, 3.05) is 17.7 Å². The minimum Gasteiger partial charge on any atom is -0.370 e. The van der Waals surface area contributed by atoms with Crippen molar-refractivity contribution in [3.63, 3.8) is 0 Å². The minimum absolute atomic E-state index is 0.237. The molecule has 1 atom stereocenters. The number of rotatable bonds is 5. The van der Waals surface area contributed by atoms with E-state index in [4.69, 9.17) is 11.6 Å². The molecule has 6 heteroatoms. The van der Waals surface area contributed by atoms with Crippen LogP contribution >= 0.6 is 11.6 Å². The lowest BCUT2D eigenvalue weighted by molar-refractivity contribution is -0.141. The lowest BCUT2D eigenvalue weighted by Crippen LogP contribution is -2.14. The second-order valence-electron chi connectivity index (χ2n) is 3.87. The molecule has 0 spiro atoms. The molecule has 96 valence electrons. The van der Waals surface area contributed by atoms with E-state index >= 15 is 0 Å². The molecule has 0 aliphatic carbocycles. The average Bonchev–Trinajstić information content (AvgIpc) is 2.26. The van der Waals surface area contributed by atoms with Gasteiger partial charge < -0.3 is 5.32 Å². The number of alkyl halides is 4. The number of aromatic nitrogens is 1. The highest BCUT2D eigenvalue weighted by atomic mass is 35.5. The summed E-state index contributed by atoms with van der Waals surface area (Å²) >= 11 is 5.57. The number of halogens is 4. The molecule has 0 saturated carbocycles. The first-order chi connectivity index (χ1) is 7.93. The van der Waals surface area contributed by atoms with E-state index in [1.165, 1.54) is 12.1 Å². The van der Waals surface area contributed by atoms with Crippen LogP contribution in [0.15, 0.2) is 18.2 Å². The molecule has 1 unspecified atom stereocenters. The molecule has 0 aliphatic rings. The van der Waals surface area contributed by atoms with Crippen LogP contribution in [0.4, 0.5) is 19.0 Å². The summed E-state index contributed by atoms with van der Waals surface area (Å²) in [6, 6.07) is 3.81. The summed E-state index contributed by atoms with van der Waals surface area (Å²) in [6.07, 6.45) is -3.59. The molecule has 0 bridgehead atoms. The summed E-state index contributed by atoms with van der Waals surface area (Å²) < 4.78 is 37.1. The minimum atomic E-state index is -4.40. The van der Waals surface area contributed by atoms with Gasteiger partial charge in [0.05, 0.1) is 0 Å². The number of pyridine rings is 1. The molecule has 1 heterocycles. The van der Waals surface area contributed by atoms with E-state index in [1.54, 1.807) is 0 Å². The quantitative estimate of drug-likeness (QED) is 0.821. The largest absolute Gasteiger partial charge is 0.433 e. The van der Waals surface area contributed by atoms with Crippen molar-refractivity contribution < 1.29 is 13.2 Å². The summed E-state index contributed by atoms with van der Waals surface area (Å²) in [7, 11) is 0. The zero-order valence-corrected chi connectivity index (χ0v) is 10.1. The van der Waals surface area contributed by atoms with Crippen molar-refractivity contribution in [1.29, 1.82) is 0 Å². The van der Waals surface area contributed by atoms with Gasteiger partial charge in [-0.05, 0) is 24.5 Å². The van der Waals surface area contributed by atoms with E-state index in [1.807, 2.05) is 6.92 Å². The predicted octanol–water partition coefficient (Wildman–Crippen LogP) is 3.78. The molecule has 1 aromatic rings. The average molecular weight is 267 g/mol. The van der Waals surface area contributed by atoms with Crippen LogP contribution < -0.4 is 5.32 Å². The molecule has 1 aromatic heterocycles. The third kappa shape index (κ3) is 4.81. The Bertz CT molecular complexity index is 355. The van der Waals surface area contributed by atoms with Crippen molar-refractivity contribution in [2.24, 2.45) is 5.92 Å². The van der Waals surface area contributed by atoms with Crippen LogP contribution in [0, 0.1) is 5.92 Å². The summed E-state index contributed by atoms with van der Waals surface area (Å²) in [5.41, 5.74) is -0.882. The topological polar surface area (TPSA) is 24.9 Å². The molecule has 0 amide bonds. The van der Waals surface area contributed by atoms with Crippen LogP contribution in [0.3, 0.4) is 0 Å². The van der Waals surface area contributed by atoms with Crippen LogP contribution in [0.1, 0.15) is 19.0 Å². The van der Waals surface area contributed by atoms with Crippen molar-refractivity contribution in [3.8, 4) is 0 Å². The first-order valence-electron chi connectivity index (χ1n) is 5.27. The van der Waals surface area contributed by atoms with Crippen LogP contribution in [-0.2, 0) is 6.18 Å². The standard InChI is InChI=1S/C11H14ClF3N2/c1-8(5-6-12)7-16-10-4-2-3-9(17-10)11(13,14)15/h2-4,8H,5-7H2,1H3,(H,16,17). The number of hydrogen-bond acceptors (Lipinski definition) is 2. The maximum atomic E-state index is 12.4. The van der Waals surface area contributed by atoms with Gasteiger partial charge in [-0.15, -0.1) is 11.6 Å². The third-order valence-electron chi connectivity index (χ3n) is 2.27. The van der Waals surface area contributed by atoms with E-state index in [9.17, 15) is 13.2 Å². The normalized spacial score (nSPS) is 13.5. The van der Waals surface area contributed by atoms with Gasteiger partial charge in [-0.1, -0.05) is 13.0 Å². The SMILES string of the molecule is CC(CCCl)CNc1cccc(C(F)(F)F)n1.